The van der Waals surface area contributed by atoms with Crippen LogP contribution in [-0.2, 0) is 11.4 Å². The number of para-hydroxylation sites is 2. The number of hydrogen-bond donors (Lipinski definition) is 1. The van der Waals surface area contributed by atoms with Gasteiger partial charge >= 0.3 is 5.97 Å². The Hall–Kier alpha value is -3.27. The van der Waals surface area contributed by atoms with Crippen LogP contribution in [-0.4, -0.2) is 11.1 Å². The zero-order valence-corrected chi connectivity index (χ0v) is 14.5. The lowest BCUT2D eigenvalue weighted by atomic mass is 10.0. The van der Waals surface area contributed by atoms with E-state index in [0.717, 1.165) is 22.6 Å². The van der Waals surface area contributed by atoms with Crippen molar-refractivity contribution in [1.29, 1.82) is 0 Å². The second-order valence-corrected chi connectivity index (χ2v) is 5.94. The molecule has 0 saturated heterocycles. The Labute approximate surface area is 152 Å². The van der Waals surface area contributed by atoms with Gasteiger partial charge in [0.1, 0.15) is 23.9 Å². The van der Waals surface area contributed by atoms with Gasteiger partial charge in [0, 0.05) is 5.56 Å². The third-order valence-electron chi connectivity index (χ3n) is 4.09. The van der Waals surface area contributed by atoms with Gasteiger partial charge in [-0.15, -0.1) is 0 Å². The molecule has 4 nitrogen and oxygen atoms in total. The molecule has 0 spiro atoms. The third kappa shape index (κ3) is 4.42. The van der Waals surface area contributed by atoms with Crippen molar-refractivity contribution in [3.63, 3.8) is 0 Å². The molecule has 3 aromatic rings. The first-order valence-electron chi connectivity index (χ1n) is 8.40. The number of carboxylic acids is 1. The van der Waals surface area contributed by atoms with Crippen molar-refractivity contribution in [2.45, 2.75) is 19.4 Å². The number of carbonyl (C=O) groups is 1. The molecule has 3 aromatic carbocycles. The average Bonchev–Trinajstić information content (AvgIpc) is 2.68. The summed E-state index contributed by atoms with van der Waals surface area (Å²) in [6.07, 6.45) is 0. The van der Waals surface area contributed by atoms with Gasteiger partial charge < -0.3 is 14.6 Å². The van der Waals surface area contributed by atoms with Crippen molar-refractivity contribution >= 4 is 5.97 Å². The fourth-order valence-electron chi connectivity index (χ4n) is 2.49. The highest BCUT2D eigenvalue weighted by Gasteiger charge is 2.13. The molecule has 0 radical (unpaired) electrons. The minimum Gasteiger partial charge on any atom is -0.489 e. The monoisotopic (exact) mass is 348 g/mol. The molecule has 0 saturated carbocycles. The van der Waals surface area contributed by atoms with Crippen molar-refractivity contribution in [2.24, 2.45) is 0 Å². The molecular weight excluding hydrogens is 328 g/mol. The van der Waals surface area contributed by atoms with Gasteiger partial charge in [-0.2, -0.15) is 0 Å². The Balaban J connectivity index is 1.67. The quantitative estimate of drug-likeness (QED) is 0.634. The SMILES string of the molecule is CC(C(=O)O)c1ccc(OCc2ccccc2Oc2ccccc2)cc1. The predicted octanol–water partition coefficient (Wildman–Crippen LogP) is 5.25. The van der Waals surface area contributed by atoms with Crippen LogP contribution in [0.4, 0.5) is 0 Å². The topological polar surface area (TPSA) is 55.8 Å². The van der Waals surface area contributed by atoms with Gasteiger partial charge in [-0.3, -0.25) is 4.79 Å². The van der Waals surface area contributed by atoms with Crippen molar-refractivity contribution in [3.05, 3.63) is 90.0 Å². The second kappa shape index (κ2) is 8.21. The number of aliphatic carboxylic acids is 1. The molecule has 26 heavy (non-hydrogen) atoms. The lowest BCUT2D eigenvalue weighted by Crippen LogP contribution is -2.07. The van der Waals surface area contributed by atoms with E-state index in [-0.39, 0.29) is 0 Å². The zero-order chi connectivity index (χ0) is 18.4. The fraction of sp³-hybridized carbons (Fsp3) is 0.136. The summed E-state index contributed by atoms with van der Waals surface area (Å²) in [6.45, 7) is 2.02. The number of ether oxygens (including phenoxy) is 2. The summed E-state index contributed by atoms with van der Waals surface area (Å²) in [5, 5.41) is 9.06. The smallest absolute Gasteiger partial charge is 0.310 e. The molecule has 3 rings (SSSR count). The molecular formula is C22H20O4. The molecule has 1 N–H and O–H groups in total. The number of hydrogen-bond acceptors (Lipinski definition) is 3. The van der Waals surface area contributed by atoms with Gasteiger partial charge in [0.25, 0.3) is 0 Å². The van der Waals surface area contributed by atoms with Crippen molar-refractivity contribution in [3.8, 4) is 17.2 Å². The Kier molecular flexibility index (Phi) is 5.54. The lowest BCUT2D eigenvalue weighted by Gasteiger charge is -2.13. The van der Waals surface area contributed by atoms with E-state index in [1.165, 1.54) is 0 Å². The van der Waals surface area contributed by atoms with Crippen LogP contribution in [0.3, 0.4) is 0 Å². The first kappa shape index (κ1) is 17.5. The van der Waals surface area contributed by atoms with Crippen LogP contribution in [0.2, 0.25) is 0 Å². The van der Waals surface area contributed by atoms with Crippen LogP contribution in [0.1, 0.15) is 24.0 Å². The molecule has 1 unspecified atom stereocenters. The number of rotatable bonds is 7. The van der Waals surface area contributed by atoms with Gasteiger partial charge in [0.2, 0.25) is 0 Å². The Bertz CT molecular complexity index is 857. The van der Waals surface area contributed by atoms with Gasteiger partial charge in [-0.05, 0) is 42.8 Å². The predicted molar refractivity (Wildman–Crippen MR) is 99.8 cm³/mol. The summed E-state index contributed by atoms with van der Waals surface area (Å²) in [5.41, 5.74) is 1.68. The summed E-state index contributed by atoms with van der Waals surface area (Å²) >= 11 is 0. The van der Waals surface area contributed by atoms with E-state index in [4.69, 9.17) is 14.6 Å². The molecule has 0 fully saturated rings. The fourth-order valence-corrected chi connectivity index (χ4v) is 2.49. The molecule has 0 aromatic heterocycles. The van der Waals surface area contributed by atoms with E-state index in [1.54, 1.807) is 31.2 Å². The van der Waals surface area contributed by atoms with Crippen molar-refractivity contribution in [1.82, 2.24) is 0 Å². The Morgan fingerprint density at radius 2 is 1.54 bits per heavy atom. The highest BCUT2D eigenvalue weighted by atomic mass is 16.5. The van der Waals surface area contributed by atoms with E-state index in [9.17, 15) is 4.79 Å². The molecule has 4 heteroatoms. The van der Waals surface area contributed by atoms with E-state index >= 15 is 0 Å². The molecule has 0 amide bonds. The van der Waals surface area contributed by atoms with Gasteiger partial charge in [0.15, 0.2) is 0 Å². The van der Waals surface area contributed by atoms with Crippen LogP contribution in [0, 0.1) is 0 Å². The summed E-state index contributed by atoms with van der Waals surface area (Å²) < 4.78 is 11.8. The van der Waals surface area contributed by atoms with Gasteiger partial charge in [-0.1, -0.05) is 48.5 Å². The normalized spacial score (nSPS) is 11.6. The first-order valence-corrected chi connectivity index (χ1v) is 8.40. The second-order valence-electron chi connectivity index (χ2n) is 5.94. The maximum atomic E-state index is 11.0. The highest BCUT2D eigenvalue weighted by molar-refractivity contribution is 5.75. The van der Waals surface area contributed by atoms with Crippen LogP contribution >= 0.6 is 0 Å². The van der Waals surface area contributed by atoms with E-state index in [2.05, 4.69) is 0 Å². The molecule has 1 atom stereocenters. The molecule has 0 heterocycles. The maximum absolute atomic E-state index is 11.0. The molecule has 0 bridgehead atoms. The van der Waals surface area contributed by atoms with Crippen molar-refractivity contribution in [2.75, 3.05) is 0 Å². The average molecular weight is 348 g/mol. The maximum Gasteiger partial charge on any atom is 0.310 e. The molecule has 0 aliphatic rings. The first-order chi connectivity index (χ1) is 12.6. The number of carboxylic acid groups (broad SMARTS) is 1. The summed E-state index contributed by atoms with van der Waals surface area (Å²) in [4.78, 5) is 11.0. The van der Waals surface area contributed by atoms with E-state index in [1.807, 2.05) is 54.6 Å². The zero-order valence-electron chi connectivity index (χ0n) is 14.5. The van der Waals surface area contributed by atoms with Gasteiger partial charge in [-0.25, -0.2) is 0 Å². The van der Waals surface area contributed by atoms with Gasteiger partial charge in [0.05, 0.1) is 5.92 Å². The van der Waals surface area contributed by atoms with Crippen molar-refractivity contribution < 1.29 is 19.4 Å². The largest absolute Gasteiger partial charge is 0.489 e. The standard InChI is InChI=1S/C22H20O4/c1-16(22(23)24)17-11-13-19(14-12-17)25-15-18-7-5-6-10-21(18)26-20-8-3-2-4-9-20/h2-14,16H,15H2,1H3,(H,23,24). The van der Waals surface area contributed by atoms with E-state index in [0.29, 0.717) is 12.4 Å². The minimum atomic E-state index is -0.842. The minimum absolute atomic E-state index is 0.358. The third-order valence-corrected chi connectivity index (χ3v) is 4.09. The summed E-state index contributed by atoms with van der Waals surface area (Å²) in [5.74, 6) is 0.817. The van der Waals surface area contributed by atoms with Crippen LogP contribution < -0.4 is 9.47 Å². The summed E-state index contributed by atoms with van der Waals surface area (Å²) in [6, 6.07) is 24.4. The number of benzene rings is 3. The molecule has 0 aliphatic heterocycles. The van der Waals surface area contributed by atoms with E-state index < -0.39 is 11.9 Å². The Morgan fingerprint density at radius 3 is 2.23 bits per heavy atom. The Morgan fingerprint density at radius 1 is 0.885 bits per heavy atom. The van der Waals surface area contributed by atoms with Crippen LogP contribution in [0.5, 0.6) is 17.2 Å². The lowest BCUT2D eigenvalue weighted by molar-refractivity contribution is -0.138. The summed E-state index contributed by atoms with van der Waals surface area (Å²) in [7, 11) is 0. The highest BCUT2D eigenvalue weighted by Crippen LogP contribution is 2.26. The van der Waals surface area contributed by atoms with Crippen LogP contribution in [0.25, 0.3) is 0 Å². The molecule has 0 aliphatic carbocycles. The molecule has 132 valence electrons. The van der Waals surface area contributed by atoms with Crippen LogP contribution in [0.15, 0.2) is 78.9 Å².